The Bertz CT molecular complexity index is 458. The zero-order chi connectivity index (χ0) is 13.8. The maximum atomic E-state index is 11.9. The van der Waals surface area contributed by atoms with Crippen molar-refractivity contribution in [2.24, 2.45) is 5.92 Å². The summed E-state index contributed by atoms with van der Waals surface area (Å²) in [5.41, 5.74) is 7.00. The van der Waals surface area contributed by atoms with Gasteiger partial charge < -0.3 is 15.8 Å². The average Bonchev–Trinajstić information content (AvgIpc) is 3.15. The van der Waals surface area contributed by atoms with Crippen molar-refractivity contribution in [3.8, 4) is 5.75 Å². The Labute approximate surface area is 113 Å². The van der Waals surface area contributed by atoms with Gasteiger partial charge in [0.2, 0.25) is 5.91 Å². The molecule has 0 heterocycles. The average molecular weight is 263 g/mol. The summed E-state index contributed by atoms with van der Waals surface area (Å²) < 4.78 is 5.07. The zero-order valence-corrected chi connectivity index (χ0v) is 11.5. The normalized spacial score (nSPS) is 14.5. The number of nitrogens with zero attached hydrogens (tertiary/aromatic N) is 1. The lowest BCUT2D eigenvalue weighted by Gasteiger charge is -2.16. The van der Waals surface area contributed by atoms with Crippen LogP contribution in [0.2, 0.25) is 0 Å². The molecular formula is C14H21N3O2. The minimum Gasteiger partial charge on any atom is -0.497 e. The monoisotopic (exact) mass is 263 g/mol. The van der Waals surface area contributed by atoms with Crippen molar-refractivity contribution >= 4 is 17.3 Å². The number of rotatable bonds is 6. The summed E-state index contributed by atoms with van der Waals surface area (Å²) in [4.78, 5) is 13.9. The fourth-order valence-electron chi connectivity index (χ4n) is 2.02. The lowest BCUT2D eigenvalue weighted by Crippen LogP contribution is -2.31. The molecule has 1 amide bonds. The molecule has 1 aromatic rings. The summed E-state index contributed by atoms with van der Waals surface area (Å²) in [5.74, 6) is 1.42. The number of carbonyl (C=O) groups is 1. The first-order valence-corrected chi connectivity index (χ1v) is 6.50. The minimum absolute atomic E-state index is 0.0417. The Kier molecular flexibility index (Phi) is 4.27. The number of benzene rings is 1. The Morgan fingerprint density at radius 1 is 1.53 bits per heavy atom. The molecule has 0 aliphatic heterocycles. The predicted molar refractivity (Wildman–Crippen MR) is 76.3 cm³/mol. The molecule has 19 heavy (non-hydrogen) atoms. The number of ether oxygens (including phenoxy) is 1. The molecular weight excluding hydrogens is 242 g/mol. The Balaban J connectivity index is 1.86. The third-order valence-corrected chi connectivity index (χ3v) is 3.21. The fraction of sp³-hybridized carbons (Fsp3) is 0.500. The standard InChI is InChI=1S/C14H21N3O2/c1-17(8-10-3-4-10)9-14(18)16-13-6-5-11(19-2)7-12(13)15/h5-7,10H,3-4,8-9,15H2,1-2H3,(H,16,18). The first-order chi connectivity index (χ1) is 9.08. The molecule has 1 aliphatic rings. The van der Waals surface area contributed by atoms with Gasteiger partial charge in [-0.05, 0) is 37.9 Å². The number of likely N-dealkylation sites (N-methyl/N-ethyl adjacent to an activating group) is 1. The van der Waals surface area contributed by atoms with Gasteiger partial charge in [0.1, 0.15) is 5.75 Å². The maximum absolute atomic E-state index is 11.9. The van der Waals surface area contributed by atoms with E-state index in [-0.39, 0.29) is 5.91 Å². The molecule has 0 unspecified atom stereocenters. The number of hydrogen-bond donors (Lipinski definition) is 2. The molecule has 1 saturated carbocycles. The highest BCUT2D eigenvalue weighted by atomic mass is 16.5. The molecule has 0 saturated heterocycles. The number of nitrogen functional groups attached to an aromatic ring is 1. The number of hydrogen-bond acceptors (Lipinski definition) is 4. The molecule has 0 aromatic heterocycles. The lowest BCUT2D eigenvalue weighted by atomic mass is 10.2. The van der Waals surface area contributed by atoms with E-state index in [0.29, 0.717) is 23.7 Å². The van der Waals surface area contributed by atoms with Gasteiger partial charge in [-0.1, -0.05) is 0 Å². The molecule has 0 spiro atoms. The van der Waals surface area contributed by atoms with Crippen LogP contribution in [0.3, 0.4) is 0 Å². The number of anilines is 2. The van der Waals surface area contributed by atoms with Crippen LogP contribution in [0.25, 0.3) is 0 Å². The van der Waals surface area contributed by atoms with Gasteiger partial charge in [0.25, 0.3) is 0 Å². The van der Waals surface area contributed by atoms with Crippen LogP contribution in [0.15, 0.2) is 18.2 Å². The van der Waals surface area contributed by atoms with E-state index < -0.39 is 0 Å². The van der Waals surface area contributed by atoms with Gasteiger partial charge in [-0.2, -0.15) is 0 Å². The fourth-order valence-corrected chi connectivity index (χ4v) is 2.02. The van der Waals surface area contributed by atoms with Crippen LogP contribution < -0.4 is 15.8 Å². The summed E-state index contributed by atoms with van der Waals surface area (Å²) in [7, 11) is 3.55. The molecule has 1 aliphatic carbocycles. The number of amides is 1. The van der Waals surface area contributed by atoms with Crippen LogP contribution in [0.4, 0.5) is 11.4 Å². The van der Waals surface area contributed by atoms with Gasteiger partial charge in [-0.25, -0.2) is 0 Å². The van der Waals surface area contributed by atoms with Crippen molar-refractivity contribution < 1.29 is 9.53 Å². The molecule has 0 atom stereocenters. The van der Waals surface area contributed by atoms with E-state index >= 15 is 0 Å². The van der Waals surface area contributed by atoms with E-state index in [1.807, 2.05) is 11.9 Å². The van der Waals surface area contributed by atoms with Gasteiger partial charge in [0.05, 0.1) is 25.0 Å². The quantitative estimate of drug-likeness (QED) is 0.764. The van der Waals surface area contributed by atoms with Gasteiger partial charge in [-0.3, -0.25) is 9.69 Å². The smallest absolute Gasteiger partial charge is 0.238 e. The van der Waals surface area contributed by atoms with Crippen molar-refractivity contribution in [3.63, 3.8) is 0 Å². The molecule has 5 heteroatoms. The molecule has 5 nitrogen and oxygen atoms in total. The Hall–Kier alpha value is -1.75. The van der Waals surface area contributed by atoms with Crippen molar-refractivity contribution in [2.45, 2.75) is 12.8 Å². The second-order valence-corrected chi connectivity index (χ2v) is 5.14. The van der Waals surface area contributed by atoms with Crippen LogP contribution >= 0.6 is 0 Å². The van der Waals surface area contributed by atoms with Crippen molar-refractivity contribution in [1.82, 2.24) is 4.90 Å². The van der Waals surface area contributed by atoms with Crippen molar-refractivity contribution in [3.05, 3.63) is 18.2 Å². The summed E-state index contributed by atoms with van der Waals surface area (Å²) in [6.07, 6.45) is 2.58. The van der Waals surface area contributed by atoms with Gasteiger partial charge >= 0.3 is 0 Å². The van der Waals surface area contributed by atoms with E-state index in [9.17, 15) is 4.79 Å². The number of carbonyl (C=O) groups excluding carboxylic acids is 1. The SMILES string of the molecule is COc1ccc(NC(=O)CN(C)CC2CC2)c(N)c1. The van der Waals surface area contributed by atoms with Crippen LogP contribution in [-0.2, 0) is 4.79 Å². The highest BCUT2D eigenvalue weighted by molar-refractivity contribution is 5.95. The number of methoxy groups -OCH3 is 1. The van der Waals surface area contributed by atoms with E-state index in [2.05, 4.69) is 5.32 Å². The predicted octanol–water partition coefficient (Wildman–Crippen LogP) is 1.56. The molecule has 1 fully saturated rings. The highest BCUT2D eigenvalue weighted by Crippen LogP contribution is 2.29. The Morgan fingerprint density at radius 3 is 2.84 bits per heavy atom. The third-order valence-electron chi connectivity index (χ3n) is 3.21. The highest BCUT2D eigenvalue weighted by Gasteiger charge is 2.23. The summed E-state index contributed by atoms with van der Waals surface area (Å²) in [6, 6.07) is 5.23. The number of nitrogens with two attached hydrogens (primary N) is 1. The van der Waals surface area contributed by atoms with E-state index in [0.717, 1.165) is 12.5 Å². The zero-order valence-electron chi connectivity index (χ0n) is 11.5. The van der Waals surface area contributed by atoms with E-state index in [1.54, 1.807) is 25.3 Å². The second-order valence-electron chi connectivity index (χ2n) is 5.14. The van der Waals surface area contributed by atoms with E-state index in [1.165, 1.54) is 12.8 Å². The maximum Gasteiger partial charge on any atom is 0.238 e. The molecule has 1 aromatic carbocycles. The third kappa shape index (κ3) is 4.13. The van der Waals surface area contributed by atoms with Crippen LogP contribution in [0.5, 0.6) is 5.75 Å². The molecule has 0 bridgehead atoms. The van der Waals surface area contributed by atoms with Crippen molar-refractivity contribution in [1.29, 1.82) is 0 Å². The first-order valence-electron chi connectivity index (χ1n) is 6.50. The summed E-state index contributed by atoms with van der Waals surface area (Å²) in [6.45, 7) is 1.38. The van der Waals surface area contributed by atoms with E-state index in [4.69, 9.17) is 10.5 Å². The minimum atomic E-state index is -0.0417. The molecule has 104 valence electrons. The van der Waals surface area contributed by atoms with Crippen LogP contribution in [0, 0.1) is 5.92 Å². The molecule has 3 N–H and O–H groups in total. The molecule has 0 radical (unpaired) electrons. The van der Waals surface area contributed by atoms with Crippen LogP contribution in [-0.4, -0.2) is 38.1 Å². The van der Waals surface area contributed by atoms with Gasteiger partial charge in [0.15, 0.2) is 0 Å². The Morgan fingerprint density at radius 2 is 2.26 bits per heavy atom. The molecule has 2 rings (SSSR count). The van der Waals surface area contributed by atoms with Crippen LogP contribution in [0.1, 0.15) is 12.8 Å². The van der Waals surface area contributed by atoms with Crippen molar-refractivity contribution in [2.75, 3.05) is 38.3 Å². The topological polar surface area (TPSA) is 67.6 Å². The van der Waals surface area contributed by atoms with Gasteiger partial charge in [0, 0.05) is 12.6 Å². The lowest BCUT2D eigenvalue weighted by molar-refractivity contribution is -0.117. The first kappa shape index (κ1) is 13.7. The largest absolute Gasteiger partial charge is 0.497 e. The van der Waals surface area contributed by atoms with Gasteiger partial charge in [-0.15, -0.1) is 0 Å². The summed E-state index contributed by atoms with van der Waals surface area (Å²) in [5, 5.41) is 2.82. The number of nitrogens with one attached hydrogen (secondary N) is 1. The second kappa shape index (κ2) is 5.93. The summed E-state index contributed by atoms with van der Waals surface area (Å²) >= 11 is 0.